The summed E-state index contributed by atoms with van der Waals surface area (Å²) in [7, 11) is 0. The predicted octanol–water partition coefficient (Wildman–Crippen LogP) is 9.19. The van der Waals surface area contributed by atoms with E-state index >= 15 is 0 Å². The Bertz CT molecular complexity index is 1750. The third-order valence-corrected chi connectivity index (χ3v) is 8.14. The SMILES string of the molecule is CC(Sc1ccc(NC(=O)/C(=C/c2ccc(Cl)cc2Cl)NC(=O)c2ccccc2)cc1)C(=O)Nc1cc(C(F)(F)F)ccc1Cl. The summed E-state index contributed by atoms with van der Waals surface area (Å²) in [4.78, 5) is 39.5. The molecule has 3 amide bonds. The van der Waals surface area contributed by atoms with Crippen LogP contribution in [0.2, 0.25) is 15.1 Å². The Morgan fingerprint density at radius 2 is 1.51 bits per heavy atom. The molecule has 45 heavy (non-hydrogen) atoms. The molecule has 0 heterocycles. The van der Waals surface area contributed by atoms with E-state index in [0.717, 1.165) is 30.0 Å². The Hall–Kier alpha value is -3.96. The standard InChI is InChI=1S/C32H23Cl3F3N3O3S/c1-18(29(42)40-27-16-21(32(36,37)38)8-14-25(27)34)45-24-12-10-23(11-13-24)39-31(44)28(15-20-7-9-22(33)17-26(20)35)41-30(43)19-5-3-2-4-6-19/h2-18H,1H3,(H,39,44)(H,40,42)(H,41,43)/b28-15-. The van der Waals surface area contributed by atoms with Crippen LogP contribution in [0.25, 0.3) is 6.08 Å². The van der Waals surface area contributed by atoms with Gasteiger partial charge in [-0.3, -0.25) is 14.4 Å². The summed E-state index contributed by atoms with van der Waals surface area (Å²) in [5.41, 5.74) is 0.0155. The van der Waals surface area contributed by atoms with Crippen LogP contribution >= 0.6 is 46.6 Å². The van der Waals surface area contributed by atoms with E-state index < -0.39 is 34.7 Å². The summed E-state index contributed by atoms with van der Waals surface area (Å²) in [5.74, 6) is -1.69. The van der Waals surface area contributed by atoms with Crippen molar-refractivity contribution in [3.63, 3.8) is 0 Å². The molecule has 232 valence electrons. The van der Waals surface area contributed by atoms with Gasteiger partial charge in [-0.15, -0.1) is 11.8 Å². The number of halogens is 6. The fourth-order valence-corrected chi connectivity index (χ4v) is 5.32. The van der Waals surface area contributed by atoms with Gasteiger partial charge in [0.15, 0.2) is 0 Å². The zero-order valence-corrected chi connectivity index (χ0v) is 26.3. The first-order valence-corrected chi connectivity index (χ1v) is 15.1. The summed E-state index contributed by atoms with van der Waals surface area (Å²) >= 11 is 19.4. The summed E-state index contributed by atoms with van der Waals surface area (Å²) < 4.78 is 39.2. The molecular weight excluding hydrogens is 670 g/mol. The van der Waals surface area contributed by atoms with Crippen molar-refractivity contribution >= 4 is 81.7 Å². The van der Waals surface area contributed by atoms with Crippen LogP contribution in [0, 0.1) is 0 Å². The van der Waals surface area contributed by atoms with Gasteiger partial charge in [-0.25, -0.2) is 0 Å². The van der Waals surface area contributed by atoms with Crippen molar-refractivity contribution in [2.24, 2.45) is 0 Å². The van der Waals surface area contributed by atoms with Crippen LogP contribution in [0.15, 0.2) is 102 Å². The van der Waals surface area contributed by atoms with Crippen LogP contribution in [0.4, 0.5) is 24.5 Å². The Morgan fingerprint density at radius 3 is 2.16 bits per heavy atom. The van der Waals surface area contributed by atoms with Gasteiger partial charge in [-0.05, 0) is 85.3 Å². The number of carbonyl (C=O) groups is 3. The lowest BCUT2D eigenvalue weighted by atomic mass is 10.1. The van der Waals surface area contributed by atoms with Gasteiger partial charge in [-0.1, -0.05) is 59.1 Å². The molecule has 6 nitrogen and oxygen atoms in total. The Labute approximate surface area is 275 Å². The molecular formula is C32H23Cl3F3N3O3S. The number of hydrogen-bond donors (Lipinski definition) is 3. The van der Waals surface area contributed by atoms with Crippen molar-refractivity contribution in [2.45, 2.75) is 23.2 Å². The number of alkyl halides is 3. The molecule has 0 spiro atoms. The van der Waals surface area contributed by atoms with Gasteiger partial charge in [0.25, 0.3) is 11.8 Å². The van der Waals surface area contributed by atoms with Gasteiger partial charge in [0.05, 0.1) is 21.5 Å². The maximum absolute atomic E-state index is 13.3. The van der Waals surface area contributed by atoms with Crippen LogP contribution in [-0.4, -0.2) is 23.0 Å². The second kappa shape index (κ2) is 14.9. The van der Waals surface area contributed by atoms with Gasteiger partial charge < -0.3 is 16.0 Å². The topological polar surface area (TPSA) is 87.3 Å². The molecule has 0 aliphatic carbocycles. The molecule has 1 atom stereocenters. The molecule has 4 aromatic carbocycles. The Balaban J connectivity index is 1.45. The van der Waals surface area contributed by atoms with Crippen molar-refractivity contribution in [3.05, 3.63) is 128 Å². The van der Waals surface area contributed by atoms with E-state index in [2.05, 4.69) is 16.0 Å². The van der Waals surface area contributed by atoms with Crippen LogP contribution in [0.3, 0.4) is 0 Å². The van der Waals surface area contributed by atoms with Crippen LogP contribution in [0.5, 0.6) is 0 Å². The minimum Gasteiger partial charge on any atom is -0.324 e. The number of amides is 3. The summed E-state index contributed by atoms with van der Waals surface area (Å²) in [5, 5.41) is 7.74. The molecule has 0 saturated carbocycles. The minimum absolute atomic E-state index is 0.0274. The van der Waals surface area contributed by atoms with E-state index in [9.17, 15) is 27.6 Å². The molecule has 0 aliphatic rings. The van der Waals surface area contributed by atoms with Crippen molar-refractivity contribution in [1.82, 2.24) is 5.32 Å². The van der Waals surface area contributed by atoms with Crippen LogP contribution in [0.1, 0.15) is 28.4 Å². The number of nitrogens with one attached hydrogen (secondary N) is 3. The number of benzene rings is 4. The zero-order valence-electron chi connectivity index (χ0n) is 23.2. The lowest BCUT2D eigenvalue weighted by molar-refractivity contribution is -0.137. The average Bonchev–Trinajstić information content (AvgIpc) is 2.99. The second-order valence-corrected chi connectivity index (χ2v) is 12.1. The summed E-state index contributed by atoms with van der Waals surface area (Å²) in [6, 6.07) is 22.3. The predicted molar refractivity (Wildman–Crippen MR) is 174 cm³/mol. The van der Waals surface area contributed by atoms with Crippen molar-refractivity contribution < 1.29 is 27.6 Å². The van der Waals surface area contributed by atoms with E-state index in [-0.39, 0.29) is 21.4 Å². The molecule has 4 aromatic rings. The number of carbonyl (C=O) groups excluding carboxylic acids is 3. The van der Waals surface area contributed by atoms with Gasteiger partial charge in [0, 0.05) is 26.2 Å². The summed E-state index contributed by atoms with van der Waals surface area (Å²) in [6.45, 7) is 1.59. The highest BCUT2D eigenvalue weighted by molar-refractivity contribution is 8.00. The van der Waals surface area contributed by atoms with E-state index in [1.54, 1.807) is 73.7 Å². The molecule has 3 N–H and O–H groups in total. The van der Waals surface area contributed by atoms with E-state index in [0.29, 0.717) is 26.7 Å². The summed E-state index contributed by atoms with van der Waals surface area (Å²) in [6.07, 6.45) is -3.16. The first kappa shape index (κ1) is 33.9. The van der Waals surface area contributed by atoms with E-state index in [1.807, 2.05) is 0 Å². The molecule has 0 aliphatic heterocycles. The number of anilines is 2. The number of hydrogen-bond acceptors (Lipinski definition) is 4. The highest BCUT2D eigenvalue weighted by Gasteiger charge is 2.31. The maximum Gasteiger partial charge on any atom is 0.416 e. The quantitative estimate of drug-likeness (QED) is 0.121. The second-order valence-electron chi connectivity index (χ2n) is 9.46. The van der Waals surface area contributed by atoms with E-state index in [1.165, 1.54) is 12.1 Å². The molecule has 13 heteroatoms. The number of thioether (sulfide) groups is 1. The van der Waals surface area contributed by atoms with Crippen molar-refractivity contribution in [1.29, 1.82) is 0 Å². The molecule has 0 radical (unpaired) electrons. The fourth-order valence-electron chi connectivity index (χ4n) is 3.82. The Morgan fingerprint density at radius 1 is 0.822 bits per heavy atom. The molecule has 0 saturated heterocycles. The van der Waals surface area contributed by atoms with Crippen molar-refractivity contribution in [3.8, 4) is 0 Å². The van der Waals surface area contributed by atoms with E-state index in [4.69, 9.17) is 34.8 Å². The molecule has 1 unspecified atom stereocenters. The highest BCUT2D eigenvalue weighted by atomic mass is 35.5. The average molecular weight is 693 g/mol. The van der Waals surface area contributed by atoms with Crippen LogP contribution in [-0.2, 0) is 15.8 Å². The first-order valence-electron chi connectivity index (χ1n) is 13.1. The zero-order chi connectivity index (χ0) is 32.7. The van der Waals surface area contributed by atoms with Gasteiger partial charge >= 0.3 is 6.18 Å². The molecule has 0 aromatic heterocycles. The monoisotopic (exact) mass is 691 g/mol. The lowest BCUT2D eigenvalue weighted by Gasteiger charge is -2.15. The van der Waals surface area contributed by atoms with Crippen LogP contribution < -0.4 is 16.0 Å². The third-order valence-electron chi connectivity index (χ3n) is 6.14. The molecule has 0 bridgehead atoms. The highest BCUT2D eigenvalue weighted by Crippen LogP contribution is 2.34. The first-order chi connectivity index (χ1) is 21.3. The largest absolute Gasteiger partial charge is 0.416 e. The molecule has 0 fully saturated rings. The van der Waals surface area contributed by atoms with Gasteiger partial charge in [0.2, 0.25) is 5.91 Å². The normalized spacial score (nSPS) is 12.3. The minimum atomic E-state index is -4.59. The molecule has 4 rings (SSSR count). The van der Waals surface area contributed by atoms with Gasteiger partial charge in [0.1, 0.15) is 5.70 Å². The third kappa shape index (κ3) is 9.51. The number of rotatable bonds is 9. The Kier molecular flexibility index (Phi) is 11.2. The fraction of sp³-hybridized carbons (Fsp3) is 0.0938. The smallest absolute Gasteiger partial charge is 0.324 e. The van der Waals surface area contributed by atoms with Gasteiger partial charge in [-0.2, -0.15) is 13.2 Å². The van der Waals surface area contributed by atoms with Crippen molar-refractivity contribution in [2.75, 3.05) is 10.6 Å². The lowest BCUT2D eigenvalue weighted by Crippen LogP contribution is -2.30. The maximum atomic E-state index is 13.3.